The first-order chi connectivity index (χ1) is 14.5. The largest absolute Gasteiger partial charge is 0.385 e. The number of amides is 1. The summed E-state index contributed by atoms with van der Waals surface area (Å²) >= 11 is 0. The van der Waals surface area contributed by atoms with Crippen molar-refractivity contribution in [3.8, 4) is 0 Å². The number of aliphatic hydroxyl groups excluding tert-OH is 1. The molecule has 2 aliphatic heterocycles. The summed E-state index contributed by atoms with van der Waals surface area (Å²) in [6.07, 6.45) is 2.94. The van der Waals surface area contributed by atoms with Gasteiger partial charge in [-0.3, -0.25) is 9.20 Å². The fourth-order valence-corrected chi connectivity index (χ4v) is 4.76. The van der Waals surface area contributed by atoms with E-state index in [-0.39, 0.29) is 17.2 Å². The van der Waals surface area contributed by atoms with Gasteiger partial charge in [-0.2, -0.15) is 0 Å². The number of aliphatic hydroxyl groups is 1. The third-order valence-corrected chi connectivity index (χ3v) is 6.70. The fourth-order valence-electron chi connectivity index (χ4n) is 4.76. The number of pyridine rings is 1. The SMILES string of the molecule is CC(C)C(O)c1nnc2ccc(C(=O)N3CCC4(CC3)CNc3ccccc34)cn12. The van der Waals surface area contributed by atoms with E-state index in [9.17, 15) is 9.90 Å². The number of nitrogens with zero attached hydrogens (tertiary/aromatic N) is 4. The van der Waals surface area contributed by atoms with Gasteiger partial charge in [-0.15, -0.1) is 10.2 Å². The van der Waals surface area contributed by atoms with Crippen molar-refractivity contribution in [1.29, 1.82) is 0 Å². The molecule has 1 spiro atoms. The van der Waals surface area contributed by atoms with E-state index in [4.69, 9.17) is 0 Å². The summed E-state index contributed by atoms with van der Waals surface area (Å²) in [4.78, 5) is 15.2. The smallest absolute Gasteiger partial charge is 0.255 e. The van der Waals surface area contributed by atoms with Crippen LogP contribution in [0.3, 0.4) is 0 Å². The quantitative estimate of drug-likeness (QED) is 0.700. The molecule has 1 saturated heterocycles. The number of para-hydroxylation sites is 1. The van der Waals surface area contributed by atoms with Gasteiger partial charge in [0.15, 0.2) is 11.5 Å². The molecule has 0 saturated carbocycles. The van der Waals surface area contributed by atoms with Crippen LogP contribution in [0.1, 0.15) is 54.5 Å². The van der Waals surface area contributed by atoms with Crippen molar-refractivity contribution in [3.05, 3.63) is 59.5 Å². The highest BCUT2D eigenvalue weighted by Crippen LogP contribution is 2.43. The van der Waals surface area contributed by atoms with E-state index >= 15 is 0 Å². The third-order valence-electron chi connectivity index (χ3n) is 6.70. The Morgan fingerprint density at radius 3 is 2.67 bits per heavy atom. The highest BCUT2D eigenvalue weighted by Gasteiger charge is 2.42. The molecule has 30 heavy (non-hydrogen) atoms. The van der Waals surface area contributed by atoms with Gasteiger partial charge in [-0.1, -0.05) is 32.0 Å². The molecular weight excluding hydrogens is 378 g/mol. The van der Waals surface area contributed by atoms with Crippen LogP contribution in [0, 0.1) is 5.92 Å². The number of nitrogens with one attached hydrogen (secondary N) is 1. The number of hydrogen-bond donors (Lipinski definition) is 2. The third kappa shape index (κ3) is 2.96. The first-order valence-electron chi connectivity index (χ1n) is 10.6. The Morgan fingerprint density at radius 1 is 1.13 bits per heavy atom. The number of carbonyl (C=O) groups is 1. The zero-order valence-corrected chi connectivity index (χ0v) is 17.4. The van der Waals surface area contributed by atoms with Crippen molar-refractivity contribution in [2.45, 2.75) is 38.2 Å². The molecule has 0 aliphatic carbocycles. The van der Waals surface area contributed by atoms with Crippen LogP contribution in [0.15, 0.2) is 42.6 Å². The maximum absolute atomic E-state index is 13.2. The van der Waals surface area contributed by atoms with Crippen LogP contribution in [0.5, 0.6) is 0 Å². The standard InChI is InChI=1S/C23H27N5O2/c1-15(2)20(29)21-26-25-19-8-7-16(13-28(19)21)22(30)27-11-9-23(10-12-27)14-24-18-6-4-3-5-17(18)23/h3-8,13,15,20,24,29H,9-12,14H2,1-2H3. The Labute approximate surface area is 175 Å². The first kappa shape index (κ1) is 19.1. The van der Waals surface area contributed by atoms with Crippen LogP contribution >= 0.6 is 0 Å². The lowest BCUT2D eigenvalue weighted by Crippen LogP contribution is -2.46. The Kier molecular flexibility index (Phi) is 4.50. The summed E-state index contributed by atoms with van der Waals surface area (Å²) in [5.41, 5.74) is 3.97. The summed E-state index contributed by atoms with van der Waals surface area (Å²) in [6.45, 7) is 6.27. The molecule has 5 rings (SSSR count). The van der Waals surface area contributed by atoms with E-state index in [1.807, 2.05) is 18.7 Å². The van der Waals surface area contributed by atoms with Crippen molar-refractivity contribution in [2.24, 2.45) is 5.92 Å². The number of fused-ring (bicyclic) bond motifs is 3. The van der Waals surface area contributed by atoms with Crippen molar-refractivity contribution >= 4 is 17.2 Å². The molecule has 1 aromatic carbocycles. The lowest BCUT2D eigenvalue weighted by atomic mass is 9.74. The second kappa shape index (κ2) is 7.09. The minimum absolute atomic E-state index is 0.0120. The van der Waals surface area contributed by atoms with Crippen LogP contribution in [-0.4, -0.2) is 50.1 Å². The monoisotopic (exact) mass is 405 g/mol. The van der Waals surface area contributed by atoms with Gasteiger partial charge >= 0.3 is 0 Å². The maximum atomic E-state index is 13.2. The Hall–Kier alpha value is -2.93. The molecule has 0 radical (unpaired) electrons. The molecule has 1 atom stereocenters. The van der Waals surface area contributed by atoms with Gasteiger partial charge in [0.05, 0.1) is 5.56 Å². The van der Waals surface area contributed by atoms with E-state index < -0.39 is 6.10 Å². The van der Waals surface area contributed by atoms with Crippen LogP contribution in [0.2, 0.25) is 0 Å². The average molecular weight is 406 g/mol. The molecule has 7 heteroatoms. The minimum Gasteiger partial charge on any atom is -0.385 e. The van der Waals surface area contributed by atoms with Crippen LogP contribution in [-0.2, 0) is 5.41 Å². The van der Waals surface area contributed by atoms with E-state index in [1.54, 1.807) is 22.7 Å². The van der Waals surface area contributed by atoms with Crippen LogP contribution < -0.4 is 5.32 Å². The van der Waals surface area contributed by atoms with Crippen molar-refractivity contribution < 1.29 is 9.90 Å². The van der Waals surface area contributed by atoms with Gasteiger partial charge in [0.2, 0.25) is 0 Å². The van der Waals surface area contributed by atoms with Gasteiger partial charge in [0, 0.05) is 36.9 Å². The molecule has 0 bridgehead atoms. The number of anilines is 1. The average Bonchev–Trinajstić information content (AvgIpc) is 3.35. The van der Waals surface area contributed by atoms with Gasteiger partial charge < -0.3 is 15.3 Å². The Bertz CT molecular complexity index is 1100. The first-order valence-corrected chi connectivity index (χ1v) is 10.6. The second-order valence-electron chi connectivity index (χ2n) is 8.86. The van der Waals surface area contributed by atoms with E-state index in [2.05, 4.69) is 39.8 Å². The normalized spacial score (nSPS) is 18.6. The number of benzene rings is 1. The molecule has 1 amide bonds. The molecule has 4 heterocycles. The number of rotatable bonds is 3. The predicted molar refractivity (Wildman–Crippen MR) is 115 cm³/mol. The van der Waals surface area contributed by atoms with Gasteiger partial charge in [0.1, 0.15) is 6.10 Å². The van der Waals surface area contributed by atoms with Crippen molar-refractivity contribution in [3.63, 3.8) is 0 Å². The number of aromatic nitrogens is 3. The van der Waals surface area contributed by atoms with E-state index in [1.165, 1.54) is 11.3 Å². The zero-order valence-electron chi connectivity index (χ0n) is 17.4. The number of likely N-dealkylation sites (tertiary alicyclic amines) is 1. The summed E-state index contributed by atoms with van der Waals surface area (Å²) in [5, 5.41) is 22.2. The molecule has 1 fully saturated rings. The van der Waals surface area contributed by atoms with Gasteiger partial charge in [-0.25, -0.2) is 0 Å². The highest BCUT2D eigenvalue weighted by molar-refractivity contribution is 5.94. The molecule has 3 aromatic rings. The van der Waals surface area contributed by atoms with E-state index in [0.29, 0.717) is 17.0 Å². The van der Waals surface area contributed by atoms with Crippen molar-refractivity contribution in [2.75, 3.05) is 25.0 Å². The summed E-state index contributed by atoms with van der Waals surface area (Å²) in [6, 6.07) is 12.1. The predicted octanol–water partition coefficient (Wildman–Crippen LogP) is 3.02. The lowest BCUT2D eigenvalue weighted by molar-refractivity contribution is 0.0675. The molecule has 2 N–H and O–H groups in total. The van der Waals surface area contributed by atoms with Gasteiger partial charge in [-0.05, 0) is 42.5 Å². The summed E-state index contributed by atoms with van der Waals surface area (Å²) in [7, 11) is 0. The van der Waals surface area contributed by atoms with E-state index in [0.717, 1.165) is 32.5 Å². The Balaban J connectivity index is 1.36. The molecule has 156 valence electrons. The fraction of sp³-hybridized carbons (Fsp3) is 0.435. The number of carbonyl (C=O) groups excluding carboxylic acids is 1. The summed E-state index contributed by atoms with van der Waals surface area (Å²) < 4.78 is 1.74. The zero-order chi connectivity index (χ0) is 20.9. The highest BCUT2D eigenvalue weighted by atomic mass is 16.3. The molecule has 2 aliphatic rings. The number of piperidine rings is 1. The molecular formula is C23H27N5O2. The maximum Gasteiger partial charge on any atom is 0.255 e. The van der Waals surface area contributed by atoms with Crippen molar-refractivity contribution in [1.82, 2.24) is 19.5 Å². The topological polar surface area (TPSA) is 82.8 Å². The van der Waals surface area contributed by atoms with Crippen LogP contribution in [0.4, 0.5) is 5.69 Å². The lowest BCUT2D eigenvalue weighted by Gasteiger charge is -2.39. The van der Waals surface area contributed by atoms with Crippen LogP contribution in [0.25, 0.3) is 5.65 Å². The minimum atomic E-state index is -0.727. The second-order valence-corrected chi connectivity index (χ2v) is 8.86. The molecule has 1 unspecified atom stereocenters. The molecule has 7 nitrogen and oxygen atoms in total. The Morgan fingerprint density at radius 2 is 1.90 bits per heavy atom. The molecule has 2 aromatic heterocycles. The van der Waals surface area contributed by atoms with Gasteiger partial charge in [0.25, 0.3) is 5.91 Å². The number of hydrogen-bond acceptors (Lipinski definition) is 5. The summed E-state index contributed by atoms with van der Waals surface area (Å²) in [5.74, 6) is 0.503.